The molecule has 32 heavy (non-hydrogen) atoms. The maximum Gasteiger partial charge on any atom is 0.490 e. The molecule has 0 aromatic rings. The van der Waals surface area contributed by atoms with Gasteiger partial charge in [0.2, 0.25) is 0 Å². The van der Waals surface area contributed by atoms with E-state index in [0.29, 0.717) is 0 Å². The Kier molecular flexibility index (Phi) is 8.08. The van der Waals surface area contributed by atoms with Crippen molar-refractivity contribution in [2.24, 2.45) is 15.8 Å². The molecule has 5 atom stereocenters. The number of phosphoric acid groups is 3. The lowest BCUT2D eigenvalue weighted by atomic mass is 9.98. The Morgan fingerprint density at radius 3 is 2.56 bits per heavy atom. The summed E-state index contributed by atoms with van der Waals surface area (Å²) in [6, 6.07) is 0. The Balaban J connectivity index is 2.17. The fourth-order valence-corrected chi connectivity index (χ4v) is 5.76. The molecule has 0 aromatic heterocycles. The molecule has 21 heteroatoms. The fraction of sp³-hybridized carbons (Fsp3) is 0.545. The molecule has 0 aliphatic carbocycles. The first-order valence-corrected chi connectivity index (χ1v) is 12.7. The second kappa shape index (κ2) is 9.71. The van der Waals surface area contributed by atoms with E-state index in [4.69, 9.17) is 25.8 Å². The number of nitrogens with two attached hydrogens (primary N) is 1. The summed E-state index contributed by atoms with van der Waals surface area (Å²) in [6.45, 7) is 2.03. The molecule has 0 bridgehead atoms. The van der Waals surface area contributed by atoms with Gasteiger partial charge in [-0.05, 0) is 11.6 Å². The molecule has 1 saturated heterocycles. The third-order valence-electron chi connectivity index (χ3n) is 3.96. The predicted octanol–water partition coefficient (Wildman–Crippen LogP) is 0.144. The van der Waals surface area contributed by atoms with Crippen LogP contribution in [-0.4, -0.2) is 66.5 Å². The zero-order valence-electron chi connectivity index (χ0n) is 15.9. The van der Waals surface area contributed by atoms with Gasteiger partial charge in [-0.3, -0.25) is 4.52 Å². The van der Waals surface area contributed by atoms with E-state index in [1.807, 2.05) is 0 Å². The van der Waals surface area contributed by atoms with Gasteiger partial charge >= 0.3 is 23.5 Å². The molecule has 0 radical (unpaired) electrons. The molecule has 1 fully saturated rings. The number of azide groups is 1. The van der Waals surface area contributed by atoms with Crippen LogP contribution in [0, 0.1) is 0 Å². The van der Waals surface area contributed by atoms with Gasteiger partial charge in [0, 0.05) is 17.5 Å². The first kappa shape index (κ1) is 26.6. The summed E-state index contributed by atoms with van der Waals surface area (Å²) in [5.74, 6) is 0.285. The van der Waals surface area contributed by atoms with Crippen molar-refractivity contribution in [3.63, 3.8) is 0 Å². The average Bonchev–Trinajstić information content (AvgIpc) is 2.92. The summed E-state index contributed by atoms with van der Waals surface area (Å²) in [5.41, 5.74) is 12.2. The van der Waals surface area contributed by atoms with E-state index in [2.05, 4.69) is 34.7 Å². The largest absolute Gasteiger partial charge is 0.490 e. The van der Waals surface area contributed by atoms with E-state index in [1.54, 1.807) is 0 Å². The SMILES string of the molecule is C=C1N=C(N)C=CN1[C@H]1C[C@H](O)[C@@](CN=[N+]=[N-])(COP(=O)(O)OP(=O)(O)OP(=O)(O)O)O1. The highest BCUT2D eigenvalue weighted by Gasteiger charge is 2.52. The first-order valence-electron chi connectivity index (χ1n) is 8.23. The topological polar surface area (TPSA) is 280 Å². The molecule has 0 amide bonds. The lowest BCUT2D eigenvalue weighted by Gasteiger charge is -2.33. The van der Waals surface area contributed by atoms with Crippen LogP contribution in [0.4, 0.5) is 0 Å². The highest BCUT2D eigenvalue weighted by atomic mass is 31.3. The summed E-state index contributed by atoms with van der Waals surface area (Å²) in [7, 11) is -16.8. The molecule has 18 nitrogen and oxygen atoms in total. The van der Waals surface area contributed by atoms with Crippen molar-refractivity contribution in [1.82, 2.24) is 4.90 Å². The fourth-order valence-electron chi connectivity index (χ4n) is 2.69. The summed E-state index contributed by atoms with van der Waals surface area (Å²) >= 11 is 0. The molecule has 0 spiro atoms. The van der Waals surface area contributed by atoms with Crippen LogP contribution in [0.1, 0.15) is 6.42 Å². The highest BCUT2D eigenvalue weighted by Crippen LogP contribution is 2.66. The van der Waals surface area contributed by atoms with Crippen molar-refractivity contribution >= 4 is 29.3 Å². The number of hydrogen-bond donors (Lipinski definition) is 6. The van der Waals surface area contributed by atoms with Crippen molar-refractivity contribution in [3.8, 4) is 0 Å². The van der Waals surface area contributed by atoms with Gasteiger partial charge in [0.25, 0.3) is 0 Å². The molecule has 2 unspecified atom stereocenters. The average molecular weight is 520 g/mol. The second-order valence-corrected chi connectivity index (χ2v) is 10.7. The molecule has 0 aromatic carbocycles. The number of nitrogens with zero attached hydrogens (tertiary/aromatic N) is 5. The van der Waals surface area contributed by atoms with Crippen LogP contribution in [0.2, 0.25) is 0 Å². The number of phosphoric ester groups is 1. The quantitative estimate of drug-likeness (QED) is 0.0967. The normalized spacial score (nSPS) is 29.7. The van der Waals surface area contributed by atoms with Crippen molar-refractivity contribution < 1.29 is 56.3 Å². The lowest BCUT2D eigenvalue weighted by Crippen LogP contribution is -2.47. The maximum absolute atomic E-state index is 12.0. The zero-order valence-corrected chi connectivity index (χ0v) is 18.6. The van der Waals surface area contributed by atoms with Crippen LogP contribution < -0.4 is 5.73 Å². The smallest absolute Gasteiger partial charge is 0.390 e. The monoisotopic (exact) mass is 520 g/mol. The van der Waals surface area contributed by atoms with Crippen molar-refractivity contribution in [2.75, 3.05) is 13.2 Å². The Hall–Kier alpha value is -1.61. The van der Waals surface area contributed by atoms with E-state index in [9.17, 15) is 28.6 Å². The molecular formula is C11H19N6O12P3. The number of rotatable bonds is 10. The van der Waals surface area contributed by atoms with Gasteiger partial charge in [0.1, 0.15) is 23.5 Å². The zero-order chi connectivity index (χ0) is 24.4. The molecule has 7 N–H and O–H groups in total. The maximum atomic E-state index is 12.0. The van der Waals surface area contributed by atoms with Gasteiger partial charge in [0.05, 0.1) is 19.3 Å². The van der Waals surface area contributed by atoms with Crippen LogP contribution in [-0.2, 0) is 31.6 Å². The Morgan fingerprint density at radius 1 is 1.34 bits per heavy atom. The Labute approximate surface area is 179 Å². The summed E-state index contributed by atoms with van der Waals surface area (Å²) in [4.78, 5) is 43.8. The molecule has 2 aliphatic rings. The molecule has 2 aliphatic heterocycles. The van der Waals surface area contributed by atoms with Crippen molar-refractivity contribution in [3.05, 3.63) is 35.1 Å². The number of ether oxygens (including phenoxy) is 1. The number of amidine groups is 1. The summed E-state index contributed by atoms with van der Waals surface area (Å²) in [5, 5.41) is 13.8. The van der Waals surface area contributed by atoms with Gasteiger partial charge in [-0.15, -0.1) is 0 Å². The van der Waals surface area contributed by atoms with Crippen LogP contribution in [0.25, 0.3) is 10.4 Å². The Morgan fingerprint density at radius 2 is 2.00 bits per heavy atom. The van der Waals surface area contributed by atoms with Crippen LogP contribution in [0.5, 0.6) is 0 Å². The van der Waals surface area contributed by atoms with Crippen molar-refractivity contribution in [2.45, 2.75) is 24.4 Å². The lowest BCUT2D eigenvalue weighted by molar-refractivity contribution is -0.125. The number of aliphatic hydroxyl groups excluding tert-OH is 1. The number of hydrogen-bond acceptors (Lipinski definition) is 12. The number of aliphatic hydroxyl groups is 1. The summed E-state index contributed by atoms with van der Waals surface area (Å²) in [6.07, 6.45) is 0.260. The van der Waals surface area contributed by atoms with E-state index in [-0.39, 0.29) is 18.1 Å². The van der Waals surface area contributed by atoms with Crippen molar-refractivity contribution in [1.29, 1.82) is 0 Å². The molecule has 0 saturated carbocycles. The second-order valence-electron chi connectivity index (χ2n) is 6.32. The van der Waals surface area contributed by atoms with Crippen LogP contribution in [0.3, 0.4) is 0 Å². The van der Waals surface area contributed by atoms with Crippen LogP contribution in [0.15, 0.2) is 34.8 Å². The standard InChI is InChI=1S/C11H19N6O12P3/c1-7-15-9(12)2-3-17(7)10-4-8(18)11(27-10,5-14-16-13)6-26-31(22,23)29-32(24,25)28-30(19,20)21/h2-3,8,10,18H,1,4-6H2,(H2,12,15)(H,22,23)(H,24,25)(H2,19,20,21)/t8-,10+,11+/m0/s1. The van der Waals surface area contributed by atoms with Gasteiger partial charge in [-0.25, -0.2) is 18.7 Å². The minimum atomic E-state index is -5.75. The minimum absolute atomic E-state index is 0.134. The van der Waals surface area contributed by atoms with Gasteiger partial charge in [-0.2, -0.15) is 8.62 Å². The van der Waals surface area contributed by atoms with Crippen LogP contribution >= 0.6 is 23.5 Å². The highest BCUT2D eigenvalue weighted by molar-refractivity contribution is 7.66. The van der Waals surface area contributed by atoms with E-state index < -0.39 is 54.6 Å². The third-order valence-corrected chi connectivity index (χ3v) is 7.75. The molecule has 2 rings (SSSR count). The molecule has 180 valence electrons. The minimum Gasteiger partial charge on any atom is -0.390 e. The van der Waals surface area contributed by atoms with Gasteiger partial charge < -0.3 is 40.1 Å². The number of aliphatic imine (C=N–C) groups is 1. The summed E-state index contributed by atoms with van der Waals surface area (Å²) < 4.78 is 51.6. The van der Waals surface area contributed by atoms with E-state index in [1.165, 1.54) is 17.2 Å². The van der Waals surface area contributed by atoms with Gasteiger partial charge in [-0.1, -0.05) is 11.7 Å². The van der Waals surface area contributed by atoms with E-state index >= 15 is 0 Å². The predicted molar refractivity (Wildman–Crippen MR) is 104 cm³/mol. The molecular weight excluding hydrogens is 501 g/mol. The Bertz CT molecular complexity index is 1010. The molecule has 2 heterocycles. The van der Waals surface area contributed by atoms with E-state index in [0.717, 1.165) is 0 Å². The third kappa shape index (κ3) is 7.20. The van der Waals surface area contributed by atoms with Gasteiger partial charge in [0.15, 0.2) is 0 Å². The first-order chi connectivity index (χ1) is 14.6.